The Labute approximate surface area is 677 Å². The molecule has 26 rings (SSSR count). The predicted molar refractivity (Wildman–Crippen MR) is 500 cm³/mol. The van der Waals surface area contributed by atoms with Gasteiger partial charge in [0.2, 0.25) is 0 Å². The van der Waals surface area contributed by atoms with Crippen molar-refractivity contribution in [2.45, 2.75) is 0 Å². The molecule has 0 spiro atoms. The van der Waals surface area contributed by atoms with Gasteiger partial charge >= 0.3 is 0 Å². The molecule has 548 valence electrons. The molecule has 6 heterocycles. The molecule has 6 heteroatoms. The van der Waals surface area contributed by atoms with Crippen LogP contribution in [0.1, 0.15) is 0 Å². The molecule has 0 saturated carbocycles. The lowest BCUT2D eigenvalue weighted by molar-refractivity contribution is 1.17. The minimum Gasteiger partial charge on any atom is -0.309 e. The van der Waals surface area contributed by atoms with E-state index in [0.717, 1.165) is 11.4 Å². The highest BCUT2D eigenvalue weighted by Crippen LogP contribution is 2.47. The van der Waals surface area contributed by atoms with Crippen molar-refractivity contribution in [3.63, 3.8) is 0 Å². The molecule has 0 saturated heterocycles. The molecule has 0 aliphatic heterocycles. The average Bonchev–Trinajstić information content (AvgIpc) is 1.56. The number of benzene rings is 20. The van der Waals surface area contributed by atoms with Gasteiger partial charge in [-0.15, -0.1) is 0 Å². The van der Waals surface area contributed by atoms with Crippen molar-refractivity contribution >= 4 is 174 Å². The summed E-state index contributed by atoms with van der Waals surface area (Å²) >= 11 is 0. The smallest absolute Gasteiger partial charge is 0.0562 e. The molecule has 0 bridgehead atoms. The summed E-state index contributed by atoms with van der Waals surface area (Å²) in [4.78, 5) is 0. The van der Waals surface area contributed by atoms with Crippen molar-refractivity contribution in [1.29, 1.82) is 0 Å². The van der Waals surface area contributed by atoms with Gasteiger partial charge in [-0.3, -0.25) is 0 Å². The van der Waals surface area contributed by atoms with Crippen molar-refractivity contribution in [2.24, 2.45) is 0 Å². The molecule has 0 atom stereocenters. The minimum atomic E-state index is 1.16. The normalized spacial score (nSPS) is 12.1. The van der Waals surface area contributed by atoms with Gasteiger partial charge in [-0.05, 0) is 189 Å². The van der Waals surface area contributed by atoms with Gasteiger partial charge in [0.1, 0.15) is 0 Å². The van der Waals surface area contributed by atoms with Crippen LogP contribution in [-0.4, -0.2) is 27.4 Å². The average molecular weight is 1500 g/mol. The van der Waals surface area contributed by atoms with Gasteiger partial charge in [0.05, 0.1) is 88.9 Å². The molecular formula is C112H70N6. The van der Waals surface area contributed by atoms with Gasteiger partial charge in [-0.25, -0.2) is 0 Å². The van der Waals surface area contributed by atoms with Crippen LogP contribution in [0.3, 0.4) is 0 Å². The maximum atomic E-state index is 2.49. The van der Waals surface area contributed by atoms with Crippen LogP contribution in [0.15, 0.2) is 425 Å². The van der Waals surface area contributed by atoms with Crippen LogP contribution in [0.4, 0.5) is 0 Å². The van der Waals surface area contributed by atoms with Gasteiger partial charge in [-0.2, -0.15) is 0 Å². The summed E-state index contributed by atoms with van der Waals surface area (Å²) in [5.74, 6) is 0. The summed E-state index contributed by atoms with van der Waals surface area (Å²) < 4.78 is 14.7. The predicted octanol–water partition coefficient (Wildman–Crippen LogP) is 29.9. The Kier molecular flexibility index (Phi) is 14.4. The Morgan fingerprint density at radius 3 is 0.669 bits per heavy atom. The SMILES string of the molecule is c1ccc(-n2c3ccccc3c3cc4c(cc32)c2cc(-c3ccc5c(c3)c3ccccc3n5-c3cccc5ccccc35)ccc2n4-c2cccc3ccccc23)cc1.c1ccc(-n2c3ccccc3c3cc4c5cc(-c6ccc7c(c6)c6ccccc6n7-c6cccc7ccccc67)ccc5n(-c5cccc6ccccc56)c4cc32)cc1. The Bertz CT molecular complexity index is 8660. The molecule has 6 nitrogen and oxygen atoms in total. The molecule has 0 N–H and O–H groups in total. The molecular weight excluding hydrogens is 1430 g/mol. The van der Waals surface area contributed by atoms with Crippen molar-refractivity contribution in [1.82, 2.24) is 27.4 Å². The topological polar surface area (TPSA) is 29.6 Å². The van der Waals surface area contributed by atoms with Gasteiger partial charge in [0.25, 0.3) is 0 Å². The number of para-hydroxylation sites is 6. The zero-order chi connectivity index (χ0) is 77.2. The van der Waals surface area contributed by atoms with Crippen molar-refractivity contribution in [3.05, 3.63) is 425 Å². The van der Waals surface area contributed by atoms with Crippen molar-refractivity contribution in [2.75, 3.05) is 0 Å². The number of aromatic nitrogens is 6. The number of nitrogens with zero attached hydrogens (tertiary/aromatic N) is 6. The van der Waals surface area contributed by atoms with Crippen molar-refractivity contribution in [3.8, 4) is 56.4 Å². The minimum absolute atomic E-state index is 1.16. The molecule has 118 heavy (non-hydrogen) atoms. The molecule has 20 aromatic carbocycles. The second-order valence-corrected chi connectivity index (χ2v) is 31.4. The molecule has 0 fully saturated rings. The van der Waals surface area contributed by atoms with E-state index in [-0.39, 0.29) is 0 Å². The fraction of sp³-hybridized carbons (Fsp3) is 0. The first-order valence-corrected chi connectivity index (χ1v) is 40.7. The van der Waals surface area contributed by atoms with E-state index in [1.807, 2.05) is 0 Å². The lowest BCUT2D eigenvalue weighted by Crippen LogP contribution is -1.96. The highest BCUT2D eigenvalue weighted by Gasteiger charge is 2.25. The van der Waals surface area contributed by atoms with E-state index < -0.39 is 0 Å². The van der Waals surface area contributed by atoms with E-state index in [0.29, 0.717) is 0 Å². The first-order chi connectivity index (χ1) is 58.6. The lowest BCUT2D eigenvalue weighted by Gasteiger charge is -2.13. The van der Waals surface area contributed by atoms with Crippen LogP contribution < -0.4 is 0 Å². The first-order valence-electron chi connectivity index (χ1n) is 40.7. The third-order valence-corrected chi connectivity index (χ3v) is 25.2. The summed E-state index contributed by atoms with van der Waals surface area (Å²) in [6.45, 7) is 0. The van der Waals surface area contributed by atoms with E-state index in [1.165, 1.54) is 219 Å². The highest BCUT2D eigenvalue weighted by atomic mass is 15.0. The van der Waals surface area contributed by atoms with Crippen LogP contribution in [0.5, 0.6) is 0 Å². The van der Waals surface area contributed by atoms with E-state index in [2.05, 4.69) is 452 Å². The Morgan fingerprint density at radius 2 is 0.322 bits per heavy atom. The highest BCUT2D eigenvalue weighted by molar-refractivity contribution is 6.23. The number of hydrogen-bond acceptors (Lipinski definition) is 0. The fourth-order valence-electron chi connectivity index (χ4n) is 20.0. The quantitative estimate of drug-likeness (QED) is 0.145. The number of rotatable bonds is 8. The largest absolute Gasteiger partial charge is 0.309 e. The summed E-state index contributed by atoms with van der Waals surface area (Å²) in [6.07, 6.45) is 0. The van der Waals surface area contributed by atoms with Crippen LogP contribution >= 0.6 is 0 Å². The van der Waals surface area contributed by atoms with Crippen LogP contribution in [-0.2, 0) is 0 Å². The lowest BCUT2D eigenvalue weighted by atomic mass is 10.00. The van der Waals surface area contributed by atoms with Crippen LogP contribution in [0.25, 0.3) is 230 Å². The maximum Gasteiger partial charge on any atom is 0.0562 e. The summed E-state index contributed by atoms with van der Waals surface area (Å²) in [7, 11) is 0. The van der Waals surface area contributed by atoms with Gasteiger partial charge in [0.15, 0.2) is 0 Å². The molecule has 0 aliphatic carbocycles. The second-order valence-electron chi connectivity index (χ2n) is 31.4. The maximum absolute atomic E-state index is 2.49. The zero-order valence-corrected chi connectivity index (χ0v) is 64.1. The third kappa shape index (κ3) is 9.87. The Balaban J connectivity index is 0.000000131. The first kappa shape index (κ1) is 65.8. The molecule has 6 aromatic heterocycles. The van der Waals surface area contributed by atoms with Crippen LogP contribution in [0.2, 0.25) is 0 Å². The van der Waals surface area contributed by atoms with E-state index in [1.54, 1.807) is 0 Å². The Morgan fingerprint density at radius 1 is 0.110 bits per heavy atom. The molecule has 0 radical (unpaired) electrons. The van der Waals surface area contributed by atoms with E-state index in [9.17, 15) is 0 Å². The van der Waals surface area contributed by atoms with Gasteiger partial charge < -0.3 is 27.4 Å². The molecule has 26 aromatic rings. The monoisotopic (exact) mass is 1500 g/mol. The van der Waals surface area contributed by atoms with Gasteiger partial charge in [0, 0.05) is 97.6 Å². The van der Waals surface area contributed by atoms with E-state index in [4.69, 9.17) is 0 Å². The second kappa shape index (κ2) is 25.9. The Hall–Kier alpha value is -15.8. The van der Waals surface area contributed by atoms with Crippen LogP contribution in [0, 0.1) is 0 Å². The number of fused-ring (bicyclic) bond motifs is 22. The molecule has 0 amide bonds. The third-order valence-electron chi connectivity index (χ3n) is 25.2. The fourth-order valence-corrected chi connectivity index (χ4v) is 20.0. The number of hydrogen-bond donors (Lipinski definition) is 0. The summed E-state index contributed by atoms with van der Waals surface area (Å²) in [6, 6.07) is 156. The zero-order valence-electron chi connectivity index (χ0n) is 64.1. The molecule has 0 aliphatic rings. The van der Waals surface area contributed by atoms with E-state index >= 15 is 0 Å². The standard InChI is InChI=1S/2C56H35N3/c1-2-18-40(19-3-1)57-51-24-10-8-23-44(51)47-34-56-48(35-55(47)57)46-33-39(29-31-54(46)59(56)50-27-13-17-37-15-5-7-21-42(37)50)38-28-30-53-45(32-38)43-22-9-11-25-52(43)58(53)49-26-12-16-36-14-4-6-20-41(36)49;1-2-18-40(19-3-1)57-51-24-10-8-23-44(51)47-34-48-46-33-39(29-31-54(46)59(56(48)35-55(47)57)50-27-13-17-37-15-5-7-21-42(37)50)38-28-30-53-45(32-38)43-22-9-11-25-52(43)58(53)49-26-12-16-36-14-4-6-20-41(36)49/h2*1-35H. The van der Waals surface area contributed by atoms with Crippen molar-refractivity contribution < 1.29 is 0 Å². The summed E-state index contributed by atoms with van der Waals surface area (Å²) in [5.41, 5.74) is 26.3. The summed E-state index contributed by atoms with van der Waals surface area (Å²) in [5, 5.41) is 24.8. The van der Waals surface area contributed by atoms with Gasteiger partial charge in [-0.1, -0.05) is 279 Å². The molecule has 0 unspecified atom stereocenters.